The van der Waals surface area contributed by atoms with Gasteiger partial charge in [-0.2, -0.15) is 4.31 Å². The highest BCUT2D eigenvalue weighted by molar-refractivity contribution is 7.89. The lowest BCUT2D eigenvalue weighted by Crippen LogP contribution is -2.51. The Morgan fingerprint density at radius 1 is 1.13 bits per heavy atom. The number of anilines is 1. The van der Waals surface area contributed by atoms with Crippen LogP contribution in [0.15, 0.2) is 48.7 Å². The normalized spacial score (nSPS) is 16.1. The number of pyridine rings is 1. The Labute approximate surface area is 181 Å². The molecule has 1 aromatic heterocycles. The van der Waals surface area contributed by atoms with Gasteiger partial charge in [-0.3, -0.25) is 15.0 Å². The Balaban J connectivity index is 1.56. The second kappa shape index (κ2) is 10.7. The molecule has 0 bridgehead atoms. The van der Waals surface area contributed by atoms with Crippen LogP contribution in [0.2, 0.25) is 0 Å². The maximum Gasteiger partial charge on any atom is 0.233 e. The molecule has 0 spiro atoms. The van der Waals surface area contributed by atoms with Crippen LogP contribution >= 0.6 is 0 Å². The van der Waals surface area contributed by atoms with Gasteiger partial charge in [0.1, 0.15) is 5.82 Å². The quantitative estimate of drug-likeness (QED) is 0.338. The molecule has 2 aromatic rings. The van der Waals surface area contributed by atoms with Crippen LogP contribution in [0, 0.1) is 5.82 Å². The lowest BCUT2D eigenvalue weighted by molar-refractivity contribution is -0.158. The van der Waals surface area contributed by atoms with E-state index in [9.17, 15) is 22.8 Å². The van der Waals surface area contributed by atoms with Crippen molar-refractivity contribution in [2.75, 3.05) is 36.8 Å². The largest absolute Gasteiger partial charge is 0.369 e. The minimum Gasteiger partial charge on any atom is -0.369 e. The van der Waals surface area contributed by atoms with Crippen molar-refractivity contribution in [3.8, 4) is 0 Å². The summed E-state index contributed by atoms with van der Waals surface area (Å²) in [4.78, 5) is 17.3. The molecule has 0 saturated carbocycles. The van der Waals surface area contributed by atoms with Crippen molar-refractivity contribution >= 4 is 22.1 Å². The fourth-order valence-electron chi connectivity index (χ4n) is 3.67. The zero-order chi connectivity index (χ0) is 22.3. The number of rotatable bonds is 10. The molecular formula is C21H27FN4O4S. The number of sulfonamides is 1. The number of hydrogen-bond acceptors (Lipinski definition) is 6. The van der Waals surface area contributed by atoms with Crippen LogP contribution in [-0.4, -0.2) is 72.4 Å². The molecule has 1 unspecified atom stereocenters. The summed E-state index contributed by atoms with van der Waals surface area (Å²) < 4.78 is 40.4. The molecule has 1 atom stereocenters. The predicted octanol–water partition coefficient (Wildman–Crippen LogP) is 1.91. The molecule has 1 aliphatic heterocycles. The highest BCUT2D eigenvalue weighted by Crippen LogP contribution is 2.19. The van der Waals surface area contributed by atoms with Gasteiger partial charge >= 0.3 is 0 Å². The molecule has 8 nitrogen and oxygen atoms in total. The number of piperazine rings is 1. The molecule has 0 radical (unpaired) electrons. The monoisotopic (exact) mass is 450 g/mol. The molecule has 3 rings (SSSR count). The summed E-state index contributed by atoms with van der Waals surface area (Å²) in [6.07, 6.45) is 3.47. The van der Waals surface area contributed by atoms with Gasteiger partial charge in [0.05, 0.1) is 11.8 Å². The fourth-order valence-corrected chi connectivity index (χ4v) is 5.40. The topological polar surface area (TPSA) is 94.0 Å². The zero-order valence-electron chi connectivity index (χ0n) is 17.2. The average molecular weight is 451 g/mol. The van der Waals surface area contributed by atoms with E-state index in [2.05, 4.69) is 4.98 Å². The second-order valence-electron chi connectivity index (χ2n) is 7.49. The van der Waals surface area contributed by atoms with Crippen molar-refractivity contribution in [2.24, 2.45) is 0 Å². The number of benzene rings is 1. The number of hydrogen-bond donors (Lipinski definition) is 1. The summed E-state index contributed by atoms with van der Waals surface area (Å²) in [6.45, 7) is 1.53. The smallest absolute Gasteiger partial charge is 0.233 e. The first-order valence-electron chi connectivity index (χ1n) is 10.2. The Hall–Kier alpha value is -2.56. The maximum absolute atomic E-state index is 13.1. The van der Waals surface area contributed by atoms with Gasteiger partial charge in [-0.15, -0.1) is 0 Å². The number of nitrogens with zero attached hydrogens (tertiary/aromatic N) is 4. The van der Waals surface area contributed by atoms with Gasteiger partial charge in [-0.05, 0) is 55.7 Å². The van der Waals surface area contributed by atoms with Gasteiger partial charge in [0.15, 0.2) is 0 Å². The molecule has 1 saturated heterocycles. The zero-order valence-corrected chi connectivity index (χ0v) is 18.0. The van der Waals surface area contributed by atoms with Crippen molar-refractivity contribution in [3.05, 3.63) is 60.2 Å². The molecule has 168 valence electrons. The van der Waals surface area contributed by atoms with E-state index in [1.807, 2.05) is 23.1 Å². The molecule has 31 heavy (non-hydrogen) atoms. The van der Waals surface area contributed by atoms with Crippen molar-refractivity contribution in [1.82, 2.24) is 14.4 Å². The van der Waals surface area contributed by atoms with Crippen molar-refractivity contribution in [3.63, 3.8) is 0 Å². The van der Waals surface area contributed by atoms with E-state index in [4.69, 9.17) is 0 Å². The Kier molecular flexibility index (Phi) is 7.94. The third kappa shape index (κ3) is 6.46. The SMILES string of the molecule is O=CN(O)C(CCCc1ccccn1)CS(=O)(=O)N1CCN(c2ccc(F)cc2)CC1. The summed E-state index contributed by atoms with van der Waals surface area (Å²) in [5.74, 6) is -0.663. The van der Waals surface area contributed by atoms with E-state index in [1.165, 1.54) is 16.4 Å². The van der Waals surface area contributed by atoms with Crippen LogP contribution < -0.4 is 4.90 Å². The summed E-state index contributed by atoms with van der Waals surface area (Å²) in [7, 11) is -3.67. The maximum atomic E-state index is 13.1. The molecule has 1 amide bonds. The third-order valence-electron chi connectivity index (χ3n) is 5.41. The summed E-state index contributed by atoms with van der Waals surface area (Å²) in [6, 6.07) is 10.8. The number of aromatic nitrogens is 1. The third-order valence-corrected chi connectivity index (χ3v) is 7.36. The number of carbonyl (C=O) groups is 1. The fraction of sp³-hybridized carbons (Fsp3) is 0.429. The molecule has 1 N–H and O–H groups in total. The van der Waals surface area contributed by atoms with Crippen molar-refractivity contribution < 1.29 is 22.8 Å². The van der Waals surface area contributed by atoms with Crippen molar-refractivity contribution in [2.45, 2.75) is 25.3 Å². The van der Waals surface area contributed by atoms with Gasteiger partial charge in [0.25, 0.3) is 0 Å². The van der Waals surface area contributed by atoms with Crippen LogP contribution in [0.3, 0.4) is 0 Å². The van der Waals surface area contributed by atoms with Gasteiger partial charge in [-0.1, -0.05) is 6.07 Å². The van der Waals surface area contributed by atoms with Gasteiger partial charge in [0.2, 0.25) is 16.4 Å². The van der Waals surface area contributed by atoms with Crippen LogP contribution in [0.25, 0.3) is 0 Å². The number of halogens is 1. The summed E-state index contributed by atoms with van der Waals surface area (Å²) >= 11 is 0. The lowest BCUT2D eigenvalue weighted by atomic mass is 10.1. The van der Waals surface area contributed by atoms with E-state index in [0.29, 0.717) is 37.4 Å². The molecule has 0 aliphatic carbocycles. The highest BCUT2D eigenvalue weighted by Gasteiger charge is 2.31. The van der Waals surface area contributed by atoms with E-state index >= 15 is 0 Å². The van der Waals surface area contributed by atoms with Gasteiger partial charge < -0.3 is 4.90 Å². The van der Waals surface area contributed by atoms with Gasteiger partial charge in [0, 0.05) is 43.8 Å². The van der Waals surface area contributed by atoms with Crippen LogP contribution in [0.1, 0.15) is 18.5 Å². The summed E-state index contributed by atoms with van der Waals surface area (Å²) in [5, 5.41) is 10.4. The molecule has 10 heteroatoms. The Bertz CT molecular complexity index is 936. The molecule has 2 heterocycles. The van der Waals surface area contributed by atoms with Crippen LogP contribution in [0.4, 0.5) is 10.1 Å². The van der Waals surface area contributed by atoms with Crippen molar-refractivity contribution in [1.29, 1.82) is 0 Å². The first kappa shape index (κ1) is 23.1. The Morgan fingerprint density at radius 3 is 2.45 bits per heavy atom. The standard InChI is InChI=1S/C21H27FN4O4S/c22-18-7-9-20(10-8-18)24-12-14-25(15-13-24)31(29,30)16-21(26(28)17-27)6-3-5-19-4-1-2-11-23-19/h1-2,4,7-11,17,21,28H,3,5-6,12-16H2. The number of amides is 1. The first-order valence-corrected chi connectivity index (χ1v) is 11.8. The van der Waals surface area contributed by atoms with E-state index < -0.39 is 16.1 Å². The lowest BCUT2D eigenvalue weighted by Gasteiger charge is -2.36. The minimum absolute atomic E-state index is 0.243. The average Bonchev–Trinajstić information content (AvgIpc) is 2.79. The van der Waals surface area contributed by atoms with E-state index in [1.54, 1.807) is 18.3 Å². The van der Waals surface area contributed by atoms with E-state index in [0.717, 1.165) is 11.4 Å². The molecule has 1 aromatic carbocycles. The van der Waals surface area contributed by atoms with Crippen LogP contribution in [-0.2, 0) is 21.2 Å². The summed E-state index contributed by atoms with van der Waals surface area (Å²) in [5.41, 5.74) is 1.71. The minimum atomic E-state index is -3.67. The molecule has 1 aliphatic rings. The second-order valence-corrected chi connectivity index (χ2v) is 9.51. The first-order chi connectivity index (χ1) is 14.9. The molecular weight excluding hydrogens is 423 g/mol. The molecule has 1 fully saturated rings. The highest BCUT2D eigenvalue weighted by atomic mass is 32.2. The van der Waals surface area contributed by atoms with Crippen LogP contribution in [0.5, 0.6) is 0 Å². The van der Waals surface area contributed by atoms with E-state index in [-0.39, 0.29) is 31.1 Å². The number of hydroxylamine groups is 2. The predicted molar refractivity (Wildman–Crippen MR) is 115 cm³/mol. The number of aryl methyl sites for hydroxylation is 1. The number of carbonyl (C=O) groups excluding carboxylic acids is 1. The van der Waals surface area contributed by atoms with Gasteiger partial charge in [-0.25, -0.2) is 17.9 Å². The Morgan fingerprint density at radius 2 is 1.84 bits per heavy atom.